The Hall–Kier alpha value is -1.92. The second-order valence-electron chi connectivity index (χ2n) is 4.50. The first-order valence-corrected chi connectivity index (χ1v) is 6.94. The minimum absolute atomic E-state index is 0.0804. The van der Waals surface area contributed by atoms with Crippen LogP contribution in [0.3, 0.4) is 0 Å². The molecule has 0 spiro atoms. The summed E-state index contributed by atoms with van der Waals surface area (Å²) < 4.78 is 36.7. The SMILES string of the molecule is C=CCCC(C#N)(C#N)Cc1ccc(SC(F)(F)F)cc1. The standard InChI is InChI=1S/C15H13F3N2S/c1-2-3-8-14(10-19,11-20)9-12-4-6-13(7-5-12)21-15(16,17)18/h2,4-7H,1,3,8-9H2. The summed E-state index contributed by atoms with van der Waals surface area (Å²) in [6.07, 6.45) is 2.70. The first-order valence-electron chi connectivity index (χ1n) is 6.12. The molecule has 0 saturated carbocycles. The molecule has 1 aromatic carbocycles. The Kier molecular flexibility index (Phi) is 5.87. The van der Waals surface area contributed by atoms with Crippen molar-refractivity contribution < 1.29 is 13.2 Å². The molecular formula is C15H13F3N2S. The first-order chi connectivity index (χ1) is 9.84. The van der Waals surface area contributed by atoms with Gasteiger partial charge in [-0.05, 0) is 42.3 Å². The summed E-state index contributed by atoms with van der Waals surface area (Å²) >= 11 is -0.190. The van der Waals surface area contributed by atoms with Crippen molar-refractivity contribution in [1.29, 1.82) is 10.5 Å². The lowest BCUT2D eigenvalue weighted by atomic mass is 9.80. The van der Waals surface area contributed by atoms with Crippen LogP contribution in [0.5, 0.6) is 0 Å². The van der Waals surface area contributed by atoms with Crippen molar-refractivity contribution in [3.05, 3.63) is 42.5 Å². The summed E-state index contributed by atoms with van der Waals surface area (Å²) in [5, 5.41) is 18.4. The number of rotatable bonds is 6. The van der Waals surface area contributed by atoms with Crippen LogP contribution in [-0.4, -0.2) is 5.51 Å². The maximum absolute atomic E-state index is 12.2. The van der Waals surface area contributed by atoms with E-state index in [0.717, 1.165) is 0 Å². The highest BCUT2D eigenvalue weighted by molar-refractivity contribution is 8.00. The van der Waals surface area contributed by atoms with Crippen LogP contribution < -0.4 is 0 Å². The van der Waals surface area contributed by atoms with Crippen molar-refractivity contribution in [3.63, 3.8) is 0 Å². The van der Waals surface area contributed by atoms with Crippen LogP contribution in [0.15, 0.2) is 41.8 Å². The quantitative estimate of drug-likeness (QED) is 0.558. The monoisotopic (exact) mass is 310 g/mol. The fraction of sp³-hybridized carbons (Fsp3) is 0.333. The van der Waals surface area contributed by atoms with E-state index in [-0.39, 0.29) is 23.1 Å². The number of nitrogens with zero attached hydrogens (tertiary/aromatic N) is 2. The van der Waals surface area contributed by atoms with Gasteiger partial charge in [0.15, 0.2) is 0 Å². The van der Waals surface area contributed by atoms with E-state index in [0.29, 0.717) is 18.4 Å². The van der Waals surface area contributed by atoms with E-state index >= 15 is 0 Å². The summed E-state index contributed by atoms with van der Waals surface area (Å²) in [6.45, 7) is 3.56. The molecule has 0 aliphatic rings. The first kappa shape index (κ1) is 17.1. The fourth-order valence-electron chi connectivity index (χ4n) is 1.81. The Bertz CT molecular complexity index is 551. The van der Waals surface area contributed by atoms with Crippen LogP contribution in [-0.2, 0) is 6.42 Å². The van der Waals surface area contributed by atoms with E-state index in [1.165, 1.54) is 24.3 Å². The Labute approximate surface area is 125 Å². The molecule has 0 bridgehead atoms. The minimum atomic E-state index is -4.32. The average molecular weight is 310 g/mol. The summed E-state index contributed by atoms with van der Waals surface area (Å²) in [5.41, 5.74) is -4.84. The minimum Gasteiger partial charge on any atom is -0.197 e. The molecule has 0 aromatic heterocycles. The number of alkyl halides is 3. The van der Waals surface area contributed by atoms with Gasteiger partial charge < -0.3 is 0 Å². The van der Waals surface area contributed by atoms with Gasteiger partial charge >= 0.3 is 5.51 Å². The van der Waals surface area contributed by atoms with Gasteiger partial charge in [0, 0.05) is 11.3 Å². The second-order valence-corrected chi connectivity index (χ2v) is 5.64. The van der Waals surface area contributed by atoms with Gasteiger partial charge in [-0.2, -0.15) is 23.7 Å². The van der Waals surface area contributed by atoms with Gasteiger partial charge in [-0.15, -0.1) is 6.58 Å². The van der Waals surface area contributed by atoms with Gasteiger partial charge in [0.2, 0.25) is 0 Å². The van der Waals surface area contributed by atoms with Crippen LogP contribution in [0.4, 0.5) is 13.2 Å². The molecule has 0 unspecified atom stereocenters. The second kappa shape index (κ2) is 7.19. The molecule has 0 atom stereocenters. The molecule has 0 amide bonds. The lowest BCUT2D eigenvalue weighted by Gasteiger charge is -2.17. The third-order valence-electron chi connectivity index (χ3n) is 2.87. The number of allylic oxidation sites excluding steroid dienone is 1. The molecule has 1 rings (SSSR count). The van der Waals surface area contributed by atoms with Crippen molar-refractivity contribution in [2.24, 2.45) is 5.41 Å². The molecule has 0 heterocycles. The highest BCUT2D eigenvalue weighted by Gasteiger charge is 2.31. The zero-order chi connectivity index (χ0) is 15.9. The van der Waals surface area contributed by atoms with Gasteiger partial charge in [-0.25, -0.2) is 0 Å². The molecule has 2 nitrogen and oxygen atoms in total. The maximum Gasteiger partial charge on any atom is 0.446 e. The zero-order valence-electron chi connectivity index (χ0n) is 11.2. The number of halogens is 3. The predicted molar refractivity (Wildman–Crippen MR) is 75.1 cm³/mol. The maximum atomic E-state index is 12.2. The summed E-state index contributed by atoms with van der Waals surface area (Å²) in [7, 11) is 0. The molecule has 0 fully saturated rings. The van der Waals surface area contributed by atoms with Crippen molar-refractivity contribution in [2.75, 3.05) is 0 Å². The lowest BCUT2D eigenvalue weighted by molar-refractivity contribution is -0.0328. The van der Waals surface area contributed by atoms with Gasteiger partial charge in [0.25, 0.3) is 0 Å². The van der Waals surface area contributed by atoms with Gasteiger partial charge in [0.1, 0.15) is 5.41 Å². The van der Waals surface area contributed by atoms with Crippen LogP contribution in [0.2, 0.25) is 0 Å². The molecule has 6 heteroatoms. The van der Waals surface area contributed by atoms with E-state index in [2.05, 4.69) is 6.58 Å². The molecule has 1 aromatic rings. The Morgan fingerprint density at radius 2 is 1.71 bits per heavy atom. The molecule has 0 radical (unpaired) electrons. The molecule has 0 aliphatic carbocycles. The van der Waals surface area contributed by atoms with E-state index in [4.69, 9.17) is 0 Å². The van der Waals surface area contributed by atoms with Crippen LogP contribution in [0.25, 0.3) is 0 Å². The Balaban J connectivity index is 2.85. The molecule has 0 N–H and O–H groups in total. The summed E-state index contributed by atoms with van der Waals surface area (Å²) in [6, 6.07) is 9.75. The Morgan fingerprint density at radius 3 is 2.14 bits per heavy atom. The van der Waals surface area contributed by atoms with Gasteiger partial charge in [-0.3, -0.25) is 0 Å². The van der Waals surface area contributed by atoms with Gasteiger partial charge in [0.05, 0.1) is 12.1 Å². The van der Waals surface area contributed by atoms with Crippen LogP contribution in [0, 0.1) is 28.1 Å². The highest BCUT2D eigenvalue weighted by atomic mass is 32.2. The number of thioether (sulfide) groups is 1. The van der Waals surface area contributed by atoms with Crippen molar-refractivity contribution in [1.82, 2.24) is 0 Å². The van der Waals surface area contributed by atoms with Crippen LogP contribution >= 0.6 is 11.8 Å². The predicted octanol–water partition coefficient (Wildman–Crippen LogP) is 4.84. The van der Waals surface area contributed by atoms with Crippen molar-refractivity contribution in [2.45, 2.75) is 29.7 Å². The lowest BCUT2D eigenvalue weighted by Crippen LogP contribution is -2.19. The number of hydrogen-bond donors (Lipinski definition) is 0. The van der Waals surface area contributed by atoms with Crippen molar-refractivity contribution in [3.8, 4) is 12.1 Å². The van der Waals surface area contributed by atoms with Crippen LogP contribution in [0.1, 0.15) is 18.4 Å². The molecule has 21 heavy (non-hydrogen) atoms. The van der Waals surface area contributed by atoms with E-state index in [9.17, 15) is 23.7 Å². The third kappa shape index (κ3) is 5.53. The third-order valence-corrected chi connectivity index (χ3v) is 3.61. The average Bonchev–Trinajstić information content (AvgIpc) is 2.44. The molecule has 0 aliphatic heterocycles. The topological polar surface area (TPSA) is 47.6 Å². The number of benzene rings is 1. The fourth-order valence-corrected chi connectivity index (χ4v) is 2.35. The number of nitriles is 2. The highest BCUT2D eigenvalue weighted by Crippen LogP contribution is 2.37. The molecular weight excluding hydrogens is 297 g/mol. The molecule has 0 saturated heterocycles. The zero-order valence-corrected chi connectivity index (χ0v) is 12.0. The Morgan fingerprint density at radius 1 is 1.14 bits per heavy atom. The largest absolute Gasteiger partial charge is 0.446 e. The number of hydrogen-bond acceptors (Lipinski definition) is 3. The summed E-state index contributed by atoms with van der Waals surface area (Å²) in [4.78, 5) is 0.0804. The summed E-state index contributed by atoms with van der Waals surface area (Å²) in [5.74, 6) is 0. The smallest absolute Gasteiger partial charge is 0.197 e. The van der Waals surface area contributed by atoms with Crippen molar-refractivity contribution >= 4 is 11.8 Å². The van der Waals surface area contributed by atoms with Gasteiger partial charge in [-0.1, -0.05) is 18.2 Å². The normalized spacial score (nSPS) is 11.5. The molecule has 110 valence electrons. The van der Waals surface area contributed by atoms with E-state index in [1.54, 1.807) is 6.08 Å². The van der Waals surface area contributed by atoms with E-state index < -0.39 is 10.9 Å². The van der Waals surface area contributed by atoms with E-state index in [1.807, 2.05) is 12.1 Å².